The largest absolute Gasteiger partial charge is 0.381 e. The highest BCUT2D eigenvalue weighted by Gasteiger charge is 2.24. The van der Waals surface area contributed by atoms with Crippen LogP contribution in [0.3, 0.4) is 0 Å². The first kappa shape index (κ1) is 12.3. The maximum Gasteiger partial charge on any atom is 0.0622 e. The van der Waals surface area contributed by atoms with E-state index in [2.05, 4.69) is 12.2 Å². The van der Waals surface area contributed by atoms with Gasteiger partial charge in [0.15, 0.2) is 0 Å². The molecule has 0 aromatic heterocycles. The Hall–Kier alpha value is -0.120. The van der Waals surface area contributed by atoms with Gasteiger partial charge >= 0.3 is 0 Å². The Morgan fingerprint density at radius 1 is 1.00 bits per heavy atom. The van der Waals surface area contributed by atoms with E-state index < -0.39 is 0 Å². The van der Waals surface area contributed by atoms with Crippen LogP contribution in [0.15, 0.2) is 0 Å². The van der Waals surface area contributed by atoms with Crippen molar-refractivity contribution in [3.05, 3.63) is 0 Å². The first-order chi connectivity index (χ1) is 7.88. The fourth-order valence-electron chi connectivity index (χ4n) is 2.78. The molecule has 3 heteroatoms. The predicted molar refractivity (Wildman–Crippen MR) is 64.6 cm³/mol. The van der Waals surface area contributed by atoms with Gasteiger partial charge in [0.25, 0.3) is 0 Å². The molecular formula is C13H25NO2. The molecule has 0 bridgehead atoms. The lowest BCUT2D eigenvalue weighted by atomic mass is 9.92. The minimum atomic E-state index is 0.467. The van der Waals surface area contributed by atoms with E-state index in [4.69, 9.17) is 9.47 Å². The van der Waals surface area contributed by atoms with Gasteiger partial charge in [-0.1, -0.05) is 6.92 Å². The van der Waals surface area contributed by atoms with E-state index in [0.717, 1.165) is 38.6 Å². The number of hydrogen-bond donors (Lipinski definition) is 1. The van der Waals surface area contributed by atoms with Crippen LogP contribution in [0.1, 0.15) is 45.4 Å². The summed E-state index contributed by atoms with van der Waals surface area (Å²) in [6.45, 7) is 5.05. The van der Waals surface area contributed by atoms with Crippen molar-refractivity contribution in [2.24, 2.45) is 0 Å². The van der Waals surface area contributed by atoms with E-state index in [9.17, 15) is 0 Å². The third-order valence-corrected chi connectivity index (χ3v) is 3.72. The second-order valence-corrected chi connectivity index (χ2v) is 4.98. The molecular weight excluding hydrogens is 202 g/mol. The van der Waals surface area contributed by atoms with Crippen LogP contribution in [0.4, 0.5) is 0 Å². The molecule has 0 atom stereocenters. The first-order valence-electron chi connectivity index (χ1n) is 6.85. The zero-order valence-corrected chi connectivity index (χ0v) is 10.4. The van der Waals surface area contributed by atoms with Crippen molar-refractivity contribution in [1.82, 2.24) is 5.32 Å². The molecule has 16 heavy (non-hydrogen) atoms. The second-order valence-electron chi connectivity index (χ2n) is 4.98. The van der Waals surface area contributed by atoms with Gasteiger partial charge in [0.05, 0.1) is 12.2 Å². The lowest BCUT2D eigenvalue weighted by Gasteiger charge is -2.33. The summed E-state index contributed by atoms with van der Waals surface area (Å²) in [7, 11) is 0. The van der Waals surface area contributed by atoms with Gasteiger partial charge in [-0.3, -0.25) is 0 Å². The maximum atomic E-state index is 6.15. The molecule has 3 nitrogen and oxygen atoms in total. The van der Waals surface area contributed by atoms with Crippen LogP contribution in [0.2, 0.25) is 0 Å². The maximum absolute atomic E-state index is 6.15. The van der Waals surface area contributed by atoms with Gasteiger partial charge in [-0.2, -0.15) is 0 Å². The van der Waals surface area contributed by atoms with Crippen molar-refractivity contribution < 1.29 is 9.47 Å². The normalized spacial score (nSPS) is 32.8. The monoisotopic (exact) mass is 227 g/mol. The molecule has 0 aromatic rings. The van der Waals surface area contributed by atoms with E-state index in [1.807, 2.05) is 0 Å². The molecule has 1 heterocycles. The van der Waals surface area contributed by atoms with E-state index >= 15 is 0 Å². The number of nitrogens with one attached hydrogen (secondary N) is 1. The quantitative estimate of drug-likeness (QED) is 0.798. The minimum Gasteiger partial charge on any atom is -0.381 e. The van der Waals surface area contributed by atoms with Crippen molar-refractivity contribution >= 4 is 0 Å². The van der Waals surface area contributed by atoms with E-state index in [0.29, 0.717) is 12.2 Å². The molecule has 0 spiro atoms. The molecule has 0 unspecified atom stereocenters. The van der Waals surface area contributed by atoms with E-state index in [1.54, 1.807) is 0 Å². The topological polar surface area (TPSA) is 30.5 Å². The summed E-state index contributed by atoms with van der Waals surface area (Å²) in [5.41, 5.74) is 0. The molecule has 1 N–H and O–H groups in total. The molecule has 2 rings (SSSR count). The van der Waals surface area contributed by atoms with Crippen LogP contribution < -0.4 is 5.32 Å². The Bertz CT molecular complexity index is 184. The number of ether oxygens (including phenoxy) is 2. The number of hydrogen-bond acceptors (Lipinski definition) is 3. The smallest absolute Gasteiger partial charge is 0.0622 e. The average Bonchev–Trinajstić information content (AvgIpc) is 2.33. The summed E-state index contributed by atoms with van der Waals surface area (Å²) in [5.74, 6) is 0. The van der Waals surface area contributed by atoms with Gasteiger partial charge in [0.2, 0.25) is 0 Å². The van der Waals surface area contributed by atoms with Crippen molar-refractivity contribution in [3.8, 4) is 0 Å². The molecule has 0 radical (unpaired) electrons. The Labute approximate surface area is 98.9 Å². The predicted octanol–water partition coefficient (Wildman–Crippen LogP) is 2.10. The highest BCUT2D eigenvalue weighted by atomic mass is 16.5. The standard InChI is InChI=1S/C13H25NO2/c1-2-14-11-3-5-12(6-4-11)16-13-7-9-15-10-8-13/h11-14H,2-10H2,1H3. The SMILES string of the molecule is CCNC1CCC(OC2CCOCC2)CC1. The zero-order chi connectivity index (χ0) is 11.2. The van der Waals surface area contributed by atoms with Crippen molar-refractivity contribution in [2.75, 3.05) is 19.8 Å². The van der Waals surface area contributed by atoms with E-state index in [1.165, 1.54) is 25.7 Å². The third kappa shape index (κ3) is 3.72. The Morgan fingerprint density at radius 3 is 2.25 bits per heavy atom. The van der Waals surface area contributed by atoms with Gasteiger partial charge in [-0.25, -0.2) is 0 Å². The van der Waals surface area contributed by atoms with Crippen LogP contribution in [-0.4, -0.2) is 38.0 Å². The van der Waals surface area contributed by atoms with Crippen molar-refractivity contribution in [1.29, 1.82) is 0 Å². The highest BCUT2D eigenvalue weighted by molar-refractivity contribution is 4.78. The van der Waals surface area contributed by atoms with Crippen LogP contribution in [-0.2, 0) is 9.47 Å². The molecule has 94 valence electrons. The molecule has 1 aliphatic heterocycles. The summed E-state index contributed by atoms with van der Waals surface area (Å²) in [6, 6.07) is 0.736. The molecule has 0 amide bonds. The summed E-state index contributed by atoms with van der Waals surface area (Å²) in [6.07, 6.45) is 8.18. The van der Waals surface area contributed by atoms with Crippen molar-refractivity contribution in [3.63, 3.8) is 0 Å². The average molecular weight is 227 g/mol. The Kier molecular flexibility index (Phi) is 5.07. The van der Waals surface area contributed by atoms with Crippen molar-refractivity contribution in [2.45, 2.75) is 63.7 Å². The summed E-state index contributed by atoms with van der Waals surface area (Å²) >= 11 is 0. The molecule has 1 aliphatic carbocycles. The Balaban J connectivity index is 1.64. The zero-order valence-electron chi connectivity index (χ0n) is 10.4. The van der Waals surface area contributed by atoms with Gasteiger partial charge in [0.1, 0.15) is 0 Å². The van der Waals surface area contributed by atoms with Crippen LogP contribution >= 0.6 is 0 Å². The minimum absolute atomic E-state index is 0.467. The molecule has 1 saturated heterocycles. The third-order valence-electron chi connectivity index (χ3n) is 3.72. The van der Waals surface area contributed by atoms with Gasteiger partial charge in [0, 0.05) is 19.3 Å². The number of rotatable bonds is 4. The first-order valence-corrected chi connectivity index (χ1v) is 6.85. The van der Waals surface area contributed by atoms with Gasteiger partial charge in [-0.15, -0.1) is 0 Å². The van der Waals surface area contributed by atoms with Gasteiger partial charge in [-0.05, 0) is 45.1 Å². The molecule has 0 aromatic carbocycles. The summed E-state index contributed by atoms with van der Waals surface area (Å²) in [5, 5.41) is 3.53. The highest BCUT2D eigenvalue weighted by Crippen LogP contribution is 2.24. The van der Waals surface area contributed by atoms with Gasteiger partial charge < -0.3 is 14.8 Å². The van der Waals surface area contributed by atoms with Crippen LogP contribution in [0.25, 0.3) is 0 Å². The lowest BCUT2D eigenvalue weighted by Crippen LogP contribution is -2.37. The lowest BCUT2D eigenvalue weighted by molar-refractivity contribution is -0.0799. The van der Waals surface area contributed by atoms with Crippen LogP contribution in [0.5, 0.6) is 0 Å². The molecule has 2 aliphatic rings. The fourth-order valence-corrected chi connectivity index (χ4v) is 2.78. The summed E-state index contributed by atoms with van der Waals surface area (Å²) in [4.78, 5) is 0. The van der Waals surface area contributed by atoms with Crippen LogP contribution in [0, 0.1) is 0 Å². The Morgan fingerprint density at radius 2 is 1.62 bits per heavy atom. The summed E-state index contributed by atoms with van der Waals surface area (Å²) < 4.78 is 11.5. The molecule has 1 saturated carbocycles. The molecule has 2 fully saturated rings. The van der Waals surface area contributed by atoms with E-state index in [-0.39, 0.29) is 0 Å². The second kappa shape index (κ2) is 6.58. The fraction of sp³-hybridized carbons (Fsp3) is 1.00.